The molecule has 2 rings (SSSR count). The van der Waals surface area contributed by atoms with E-state index < -0.39 is 0 Å². The quantitative estimate of drug-likeness (QED) is 0.838. The number of hydrogen-bond acceptors (Lipinski definition) is 3. The van der Waals surface area contributed by atoms with E-state index in [1.165, 1.54) is 12.1 Å². The summed E-state index contributed by atoms with van der Waals surface area (Å²) in [5.41, 5.74) is 6.03. The Kier molecular flexibility index (Phi) is 4.45. The Hall–Kier alpha value is -1.00. The van der Waals surface area contributed by atoms with E-state index in [1.54, 1.807) is 17.8 Å². The van der Waals surface area contributed by atoms with Crippen LogP contribution in [-0.2, 0) is 4.74 Å². The molecule has 0 radical (unpaired) electrons. The van der Waals surface area contributed by atoms with E-state index in [0.717, 1.165) is 30.1 Å². The molecule has 2 nitrogen and oxygen atoms in total. The largest absolute Gasteiger partial charge is 0.497 e. The van der Waals surface area contributed by atoms with Gasteiger partial charge in [0.25, 0.3) is 0 Å². The Balaban J connectivity index is 1.87. The van der Waals surface area contributed by atoms with Gasteiger partial charge in [0.05, 0.1) is 12.6 Å². The summed E-state index contributed by atoms with van der Waals surface area (Å²) in [5, 5.41) is 0. The fourth-order valence-electron chi connectivity index (χ4n) is 1.66. The number of allylic oxidation sites excluding steroid dienone is 1. The van der Waals surface area contributed by atoms with Crippen molar-refractivity contribution in [2.75, 3.05) is 12.4 Å². The van der Waals surface area contributed by atoms with Gasteiger partial charge in [-0.25, -0.2) is 4.39 Å². The molecule has 1 aliphatic rings. The molecule has 0 saturated heterocycles. The lowest BCUT2D eigenvalue weighted by molar-refractivity contribution is 0.179. The van der Waals surface area contributed by atoms with E-state index in [9.17, 15) is 4.39 Å². The van der Waals surface area contributed by atoms with E-state index in [0.29, 0.717) is 5.75 Å². The van der Waals surface area contributed by atoms with Crippen molar-refractivity contribution in [3.8, 4) is 0 Å². The Bertz CT molecular complexity index is 408. The predicted molar refractivity (Wildman–Crippen MR) is 68.4 cm³/mol. The molecule has 0 spiro atoms. The van der Waals surface area contributed by atoms with Crippen molar-refractivity contribution in [2.45, 2.75) is 23.8 Å². The summed E-state index contributed by atoms with van der Waals surface area (Å²) < 4.78 is 18.5. The minimum absolute atomic E-state index is 0.108. The number of rotatable bonds is 4. The van der Waals surface area contributed by atoms with Gasteiger partial charge in [-0.3, -0.25) is 0 Å². The average Bonchev–Trinajstić information content (AvgIpc) is 2.37. The standard InChI is InChI=1S/C13H16FNOS/c14-10-4-3-5-11(8-10)17-9-12(15)13-6-1-2-7-16-13/h3-6,8,12H,1-2,7,9,15H2. The highest BCUT2D eigenvalue weighted by molar-refractivity contribution is 7.99. The van der Waals surface area contributed by atoms with Crippen LogP contribution >= 0.6 is 11.8 Å². The third-order valence-corrected chi connectivity index (χ3v) is 3.67. The molecule has 0 bridgehead atoms. The molecule has 1 heterocycles. The van der Waals surface area contributed by atoms with Crippen molar-refractivity contribution in [3.63, 3.8) is 0 Å². The van der Waals surface area contributed by atoms with Crippen molar-refractivity contribution in [1.29, 1.82) is 0 Å². The molecule has 2 N–H and O–H groups in total. The van der Waals surface area contributed by atoms with Gasteiger partial charge in [0, 0.05) is 10.6 Å². The van der Waals surface area contributed by atoms with Crippen molar-refractivity contribution in [3.05, 3.63) is 41.9 Å². The fourth-order valence-corrected chi connectivity index (χ4v) is 2.57. The summed E-state index contributed by atoms with van der Waals surface area (Å²) >= 11 is 1.55. The number of hydrogen-bond donors (Lipinski definition) is 1. The first kappa shape index (κ1) is 12.5. The molecule has 4 heteroatoms. The Morgan fingerprint density at radius 1 is 1.47 bits per heavy atom. The van der Waals surface area contributed by atoms with Gasteiger partial charge in [-0.1, -0.05) is 6.07 Å². The van der Waals surface area contributed by atoms with Gasteiger partial charge in [-0.15, -0.1) is 11.8 Å². The minimum atomic E-state index is -0.211. The first-order chi connectivity index (χ1) is 8.25. The zero-order chi connectivity index (χ0) is 12.1. The number of benzene rings is 1. The predicted octanol–water partition coefficient (Wildman–Crippen LogP) is 2.94. The van der Waals surface area contributed by atoms with Crippen LogP contribution in [0.5, 0.6) is 0 Å². The van der Waals surface area contributed by atoms with Crippen LogP contribution in [0, 0.1) is 5.82 Å². The highest BCUT2D eigenvalue weighted by Gasteiger charge is 2.13. The summed E-state index contributed by atoms with van der Waals surface area (Å²) in [6.07, 6.45) is 4.15. The second kappa shape index (κ2) is 6.07. The summed E-state index contributed by atoms with van der Waals surface area (Å²) in [6.45, 7) is 0.754. The molecule has 1 atom stereocenters. The van der Waals surface area contributed by atoms with Crippen LogP contribution < -0.4 is 5.73 Å². The normalized spacial score (nSPS) is 17.2. The van der Waals surface area contributed by atoms with Gasteiger partial charge >= 0.3 is 0 Å². The highest BCUT2D eigenvalue weighted by atomic mass is 32.2. The maximum Gasteiger partial charge on any atom is 0.124 e. The third-order valence-electron chi connectivity index (χ3n) is 2.55. The summed E-state index contributed by atoms with van der Waals surface area (Å²) in [7, 11) is 0. The van der Waals surface area contributed by atoms with Crippen LogP contribution in [0.2, 0.25) is 0 Å². The first-order valence-electron chi connectivity index (χ1n) is 5.72. The average molecular weight is 253 g/mol. The molecule has 92 valence electrons. The molecular formula is C13H16FNOS. The van der Waals surface area contributed by atoms with Gasteiger partial charge in [0.15, 0.2) is 0 Å². The maximum atomic E-state index is 13.0. The topological polar surface area (TPSA) is 35.2 Å². The molecule has 0 aromatic heterocycles. The Morgan fingerprint density at radius 3 is 3.06 bits per heavy atom. The molecule has 0 fully saturated rings. The van der Waals surface area contributed by atoms with Crippen LogP contribution in [-0.4, -0.2) is 18.4 Å². The molecular weight excluding hydrogens is 237 g/mol. The first-order valence-corrected chi connectivity index (χ1v) is 6.71. The maximum absolute atomic E-state index is 13.0. The smallest absolute Gasteiger partial charge is 0.124 e. The van der Waals surface area contributed by atoms with Crippen molar-refractivity contribution < 1.29 is 9.13 Å². The molecule has 1 aliphatic heterocycles. The summed E-state index contributed by atoms with van der Waals surface area (Å²) in [6, 6.07) is 6.45. The lowest BCUT2D eigenvalue weighted by Gasteiger charge is -2.20. The SMILES string of the molecule is NC(CSc1cccc(F)c1)C1=CCCCO1. The van der Waals surface area contributed by atoms with E-state index in [4.69, 9.17) is 10.5 Å². The monoisotopic (exact) mass is 253 g/mol. The molecule has 1 unspecified atom stereocenters. The highest BCUT2D eigenvalue weighted by Crippen LogP contribution is 2.22. The summed E-state index contributed by atoms with van der Waals surface area (Å²) in [5.74, 6) is 1.37. The number of halogens is 1. The van der Waals surface area contributed by atoms with Crippen molar-refractivity contribution >= 4 is 11.8 Å². The van der Waals surface area contributed by atoms with Crippen LogP contribution in [0.15, 0.2) is 41.0 Å². The molecule has 1 aromatic rings. The molecule has 1 aromatic carbocycles. The Labute approximate surface area is 105 Å². The zero-order valence-corrected chi connectivity index (χ0v) is 10.4. The van der Waals surface area contributed by atoms with E-state index in [1.807, 2.05) is 6.07 Å². The second-order valence-corrected chi connectivity index (χ2v) is 5.07. The fraction of sp³-hybridized carbons (Fsp3) is 0.385. The third kappa shape index (κ3) is 3.75. The van der Waals surface area contributed by atoms with Gasteiger partial charge in [0.1, 0.15) is 11.6 Å². The molecule has 0 aliphatic carbocycles. The number of ether oxygens (including phenoxy) is 1. The van der Waals surface area contributed by atoms with Gasteiger partial charge < -0.3 is 10.5 Å². The van der Waals surface area contributed by atoms with Gasteiger partial charge in [0.2, 0.25) is 0 Å². The van der Waals surface area contributed by atoms with E-state index >= 15 is 0 Å². The van der Waals surface area contributed by atoms with Crippen LogP contribution in [0.1, 0.15) is 12.8 Å². The van der Waals surface area contributed by atoms with Crippen LogP contribution in [0.25, 0.3) is 0 Å². The van der Waals surface area contributed by atoms with E-state index in [2.05, 4.69) is 6.08 Å². The van der Waals surface area contributed by atoms with E-state index in [-0.39, 0.29) is 11.9 Å². The minimum Gasteiger partial charge on any atom is -0.497 e. The Morgan fingerprint density at radius 2 is 2.35 bits per heavy atom. The van der Waals surface area contributed by atoms with Gasteiger partial charge in [-0.05, 0) is 37.1 Å². The second-order valence-electron chi connectivity index (χ2n) is 3.97. The molecule has 0 amide bonds. The molecule has 17 heavy (non-hydrogen) atoms. The number of nitrogens with two attached hydrogens (primary N) is 1. The lowest BCUT2D eigenvalue weighted by atomic mass is 10.2. The summed E-state index contributed by atoms with van der Waals surface area (Å²) in [4.78, 5) is 0.900. The molecule has 0 saturated carbocycles. The van der Waals surface area contributed by atoms with Crippen LogP contribution in [0.4, 0.5) is 4.39 Å². The van der Waals surface area contributed by atoms with Crippen LogP contribution in [0.3, 0.4) is 0 Å². The van der Waals surface area contributed by atoms with Crippen molar-refractivity contribution in [2.24, 2.45) is 5.73 Å². The van der Waals surface area contributed by atoms with Gasteiger partial charge in [-0.2, -0.15) is 0 Å². The zero-order valence-electron chi connectivity index (χ0n) is 9.56. The number of thioether (sulfide) groups is 1. The van der Waals surface area contributed by atoms with Crippen molar-refractivity contribution in [1.82, 2.24) is 0 Å². The lowest BCUT2D eigenvalue weighted by Crippen LogP contribution is -2.28.